The number of para-hydroxylation sites is 1. The van der Waals surface area contributed by atoms with Crippen molar-refractivity contribution in [3.05, 3.63) is 63.2 Å². The Hall–Kier alpha value is -1.07. The number of ether oxygens (including phenoxy) is 1. The maximum absolute atomic E-state index is 10.2. The van der Waals surface area contributed by atoms with Gasteiger partial charge in [-0.2, -0.15) is 0 Å². The minimum absolute atomic E-state index is 0.263. The Bertz CT molecular complexity index is 582. The number of aliphatic hydroxyl groups excluding tert-OH is 1. The number of aryl methyl sites for hydroxylation is 1. The van der Waals surface area contributed by atoms with E-state index in [4.69, 9.17) is 4.74 Å². The normalized spacial score (nSPS) is 21.8. The number of halogens is 1. The molecule has 2 atom stereocenters. The second-order valence-electron chi connectivity index (χ2n) is 4.77. The number of fused-ring (bicyclic) bond motifs is 1. The van der Waals surface area contributed by atoms with Crippen LogP contribution >= 0.6 is 22.6 Å². The van der Waals surface area contributed by atoms with Crippen LogP contribution in [0.15, 0.2) is 48.5 Å². The second-order valence-corrected chi connectivity index (χ2v) is 5.94. The number of hydrogen-bond acceptors (Lipinski definition) is 2. The topological polar surface area (TPSA) is 29.5 Å². The summed E-state index contributed by atoms with van der Waals surface area (Å²) >= 11 is 2.26. The van der Waals surface area contributed by atoms with Gasteiger partial charge in [-0.1, -0.05) is 36.4 Å². The number of hydrogen-bond donors (Lipinski definition) is 1. The van der Waals surface area contributed by atoms with Gasteiger partial charge in [-0.15, -0.1) is 0 Å². The molecule has 0 amide bonds. The van der Waals surface area contributed by atoms with Gasteiger partial charge in [0.15, 0.2) is 0 Å². The Balaban J connectivity index is 1.94. The van der Waals surface area contributed by atoms with Crippen molar-refractivity contribution >= 4 is 22.6 Å². The first-order valence-electron chi connectivity index (χ1n) is 6.43. The summed E-state index contributed by atoms with van der Waals surface area (Å²) in [6.45, 7) is 0. The van der Waals surface area contributed by atoms with Gasteiger partial charge in [-0.3, -0.25) is 0 Å². The van der Waals surface area contributed by atoms with E-state index < -0.39 is 6.10 Å². The highest BCUT2D eigenvalue weighted by atomic mass is 127. The maximum Gasteiger partial charge on any atom is 0.150 e. The lowest BCUT2D eigenvalue weighted by molar-refractivity contribution is 0.0223. The summed E-state index contributed by atoms with van der Waals surface area (Å²) in [6.07, 6.45) is 0.973. The van der Waals surface area contributed by atoms with Gasteiger partial charge in [0, 0.05) is 0 Å². The van der Waals surface area contributed by atoms with Crippen molar-refractivity contribution in [2.24, 2.45) is 0 Å². The second kappa shape index (κ2) is 5.51. The average Bonchev–Trinajstić information content (AvgIpc) is 2.44. The number of benzene rings is 2. The van der Waals surface area contributed by atoms with Crippen molar-refractivity contribution in [3.63, 3.8) is 0 Å². The van der Waals surface area contributed by atoms with E-state index in [1.54, 1.807) is 0 Å². The Morgan fingerprint density at radius 3 is 2.63 bits per heavy atom. The summed E-state index contributed by atoms with van der Waals surface area (Å²) in [5, 5.41) is 10.2. The van der Waals surface area contributed by atoms with E-state index in [0.29, 0.717) is 0 Å². The van der Waals surface area contributed by atoms with E-state index in [9.17, 15) is 5.11 Å². The van der Waals surface area contributed by atoms with Crippen LogP contribution in [0.5, 0.6) is 5.75 Å². The first-order valence-corrected chi connectivity index (χ1v) is 7.50. The lowest BCUT2D eigenvalue weighted by Gasteiger charge is -2.31. The summed E-state index contributed by atoms with van der Waals surface area (Å²) in [5.74, 6) is 0.837. The predicted octanol–water partition coefficient (Wildman–Crippen LogP) is 3.72. The van der Waals surface area contributed by atoms with Crippen molar-refractivity contribution < 1.29 is 9.84 Å². The van der Waals surface area contributed by atoms with Gasteiger partial charge in [0.25, 0.3) is 0 Å². The van der Waals surface area contributed by atoms with Gasteiger partial charge >= 0.3 is 0 Å². The van der Waals surface area contributed by atoms with Crippen molar-refractivity contribution in [1.82, 2.24) is 0 Å². The van der Waals surface area contributed by atoms with Crippen LogP contribution in [0, 0.1) is 3.57 Å². The molecular formula is C16H15IO2. The molecule has 0 saturated carbocycles. The van der Waals surface area contributed by atoms with Crippen LogP contribution in [0.3, 0.4) is 0 Å². The largest absolute Gasteiger partial charge is 0.482 e. The molecule has 0 saturated heterocycles. The summed E-state index contributed by atoms with van der Waals surface area (Å²) in [7, 11) is 0. The molecule has 0 bridgehead atoms. The molecule has 2 aromatic rings. The summed E-state index contributed by atoms with van der Waals surface area (Å²) in [6, 6.07) is 16.1. The van der Waals surface area contributed by atoms with Crippen LogP contribution in [0.25, 0.3) is 0 Å². The molecule has 0 aromatic heterocycles. The van der Waals surface area contributed by atoms with Gasteiger partial charge in [0.1, 0.15) is 11.9 Å². The number of aliphatic hydroxyl groups is 1. The highest BCUT2D eigenvalue weighted by Gasteiger charge is 2.29. The molecule has 1 aliphatic rings. The SMILES string of the molecule is O[C@@H]1CCc2ccccc2[C@H]1Oc1ccccc1I. The van der Waals surface area contributed by atoms with E-state index in [-0.39, 0.29) is 6.10 Å². The fourth-order valence-corrected chi connectivity index (χ4v) is 3.04. The average molecular weight is 366 g/mol. The first-order chi connectivity index (χ1) is 9.25. The predicted molar refractivity (Wildman–Crippen MR) is 83.3 cm³/mol. The van der Waals surface area contributed by atoms with Gasteiger partial charge in [-0.05, 0) is 58.7 Å². The monoisotopic (exact) mass is 366 g/mol. The van der Waals surface area contributed by atoms with Crippen LogP contribution in [-0.2, 0) is 6.42 Å². The molecule has 2 aromatic carbocycles. The molecule has 0 spiro atoms. The zero-order valence-corrected chi connectivity index (χ0v) is 12.6. The third-order valence-corrected chi connectivity index (χ3v) is 4.40. The Labute approximate surface area is 126 Å². The summed E-state index contributed by atoms with van der Waals surface area (Å²) in [5.41, 5.74) is 2.39. The fourth-order valence-electron chi connectivity index (χ4n) is 2.52. The molecule has 1 N–H and O–H groups in total. The minimum Gasteiger partial charge on any atom is -0.482 e. The lowest BCUT2D eigenvalue weighted by Crippen LogP contribution is -2.29. The van der Waals surface area contributed by atoms with Crippen LogP contribution in [0.2, 0.25) is 0 Å². The zero-order valence-electron chi connectivity index (χ0n) is 10.4. The zero-order chi connectivity index (χ0) is 13.2. The first kappa shape index (κ1) is 12.9. The van der Waals surface area contributed by atoms with Crippen molar-refractivity contribution in [2.45, 2.75) is 25.0 Å². The number of rotatable bonds is 2. The molecule has 98 valence electrons. The minimum atomic E-state index is -0.439. The molecule has 0 unspecified atom stereocenters. The molecule has 1 aliphatic carbocycles. The van der Waals surface area contributed by atoms with Crippen molar-refractivity contribution in [1.29, 1.82) is 0 Å². The Morgan fingerprint density at radius 1 is 1.05 bits per heavy atom. The summed E-state index contributed by atoms with van der Waals surface area (Å²) < 4.78 is 7.13. The summed E-state index contributed by atoms with van der Waals surface area (Å²) in [4.78, 5) is 0. The van der Waals surface area contributed by atoms with Crippen LogP contribution in [0.1, 0.15) is 23.7 Å². The van der Waals surface area contributed by atoms with E-state index in [0.717, 1.165) is 27.7 Å². The third kappa shape index (κ3) is 2.62. The van der Waals surface area contributed by atoms with E-state index in [1.807, 2.05) is 36.4 Å². The Kier molecular flexibility index (Phi) is 3.75. The molecule has 3 rings (SSSR count). The molecular weight excluding hydrogens is 351 g/mol. The molecule has 0 heterocycles. The Morgan fingerprint density at radius 2 is 1.79 bits per heavy atom. The highest BCUT2D eigenvalue weighted by molar-refractivity contribution is 14.1. The van der Waals surface area contributed by atoms with E-state index >= 15 is 0 Å². The standard InChI is InChI=1S/C16H15IO2/c17-13-7-3-4-8-15(13)19-16-12-6-2-1-5-11(12)9-10-14(16)18/h1-8,14,16,18H,9-10H2/t14-,16-/m1/s1. The maximum atomic E-state index is 10.2. The van der Waals surface area contributed by atoms with E-state index in [1.165, 1.54) is 5.56 Å². The van der Waals surface area contributed by atoms with Crippen LogP contribution in [-0.4, -0.2) is 11.2 Å². The van der Waals surface area contributed by atoms with Crippen molar-refractivity contribution in [2.75, 3.05) is 0 Å². The van der Waals surface area contributed by atoms with Crippen LogP contribution < -0.4 is 4.74 Å². The van der Waals surface area contributed by atoms with Crippen molar-refractivity contribution in [3.8, 4) is 5.75 Å². The van der Waals surface area contributed by atoms with Gasteiger partial charge < -0.3 is 9.84 Å². The lowest BCUT2D eigenvalue weighted by atomic mass is 9.87. The highest BCUT2D eigenvalue weighted by Crippen LogP contribution is 2.35. The van der Waals surface area contributed by atoms with Gasteiger partial charge in [0.2, 0.25) is 0 Å². The van der Waals surface area contributed by atoms with E-state index in [2.05, 4.69) is 34.7 Å². The van der Waals surface area contributed by atoms with Crippen LogP contribution in [0.4, 0.5) is 0 Å². The smallest absolute Gasteiger partial charge is 0.150 e. The van der Waals surface area contributed by atoms with Gasteiger partial charge in [0.05, 0.1) is 9.67 Å². The molecule has 0 fully saturated rings. The molecule has 2 nitrogen and oxygen atoms in total. The molecule has 19 heavy (non-hydrogen) atoms. The molecule has 0 aliphatic heterocycles. The van der Waals surface area contributed by atoms with Gasteiger partial charge in [-0.25, -0.2) is 0 Å². The quantitative estimate of drug-likeness (QED) is 0.821. The molecule has 3 heteroatoms. The molecule has 0 radical (unpaired) electrons. The fraction of sp³-hybridized carbons (Fsp3) is 0.250. The third-order valence-electron chi connectivity index (χ3n) is 3.51.